The van der Waals surface area contributed by atoms with Crippen LogP contribution < -0.4 is 14.8 Å². The molecule has 0 atom stereocenters. The van der Waals surface area contributed by atoms with E-state index in [-0.39, 0.29) is 23.1 Å². The van der Waals surface area contributed by atoms with Crippen molar-refractivity contribution in [2.45, 2.75) is 4.90 Å². The lowest BCUT2D eigenvalue weighted by Crippen LogP contribution is -2.34. The number of nitrogens with zero attached hydrogens (tertiary/aromatic N) is 3. The minimum atomic E-state index is -4.08. The van der Waals surface area contributed by atoms with Crippen LogP contribution in [0.15, 0.2) is 66.1 Å². The van der Waals surface area contributed by atoms with Crippen LogP contribution in [0.1, 0.15) is 0 Å². The Morgan fingerprint density at radius 2 is 1.94 bits per heavy atom. The fourth-order valence-electron chi connectivity index (χ4n) is 2.85. The maximum absolute atomic E-state index is 12.7. The van der Waals surface area contributed by atoms with E-state index in [2.05, 4.69) is 30.3 Å². The molecule has 4 aromatic rings. The van der Waals surface area contributed by atoms with Crippen molar-refractivity contribution in [1.82, 2.24) is 24.8 Å². The molecule has 0 spiro atoms. The van der Waals surface area contributed by atoms with E-state index >= 15 is 0 Å². The number of fused-ring (bicyclic) bond motifs is 1. The SMILES string of the molecule is COC(=O)CNC(=O)Nc1nc2ccc(OS(=O)(=O)c3ccc(-n4ccnc4)cc3)cc2[nH]1. The van der Waals surface area contributed by atoms with Crippen LogP contribution in [-0.2, 0) is 19.6 Å². The van der Waals surface area contributed by atoms with Crippen molar-refractivity contribution < 1.29 is 26.9 Å². The van der Waals surface area contributed by atoms with Crippen LogP contribution in [0.5, 0.6) is 5.75 Å². The number of hydrogen-bond acceptors (Lipinski definition) is 8. The number of amides is 2. The lowest BCUT2D eigenvalue weighted by molar-refractivity contribution is -0.139. The second-order valence-electron chi connectivity index (χ2n) is 6.65. The molecule has 2 heterocycles. The molecular formula is C20H18N6O6S. The Morgan fingerprint density at radius 1 is 1.15 bits per heavy atom. The minimum Gasteiger partial charge on any atom is -0.468 e. The second kappa shape index (κ2) is 9.00. The lowest BCUT2D eigenvalue weighted by atomic mass is 10.3. The second-order valence-corrected chi connectivity index (χ2v) is 8.20. The van der Waals surface area contributed by atoms with Crippen LogP contribution in [-0.4, -0.2) is 53.6 Å². The van der Waals surface area contributed by atoms with Crippen molar-refractivity contribution in [2.24, 2.45) is 0 Å². The molecule has 0 saturated carbocycles. The summed E-state index contributed by atoms with van der Waals surface area (Å²) in [4.78, 5) is 33.8. The summed E-state index contributed by atoms with van der Waals surface area (Å²) >= 11 is 0. The van der Waals surface area contributed by atoms with E-state index in [1.165, 1.54) is 37.4 Å². The van der Waals surface area contributed by atoms with Gasteiger partial charge in [-0.1, -0.05) is 0 Å². The molecule has 0 aliphatic heterocycles. The van der Waals surface area contributed by atoms with Crippen LogP contribution in [0, 0.1) is 0 Å². The zero-order valence-electron chi connectivity index (χ0n) is 17.2. The fraction of sp³-hybridized carbons (Fsp3) is 0.100. The van der Waals surface area contributed by atoms with Crippen LogP contribution in [0.2, 0.25) is 0 Å². The number of imidazole rings is 2. The minimum absolute atomic E-state index is 0.0132. The molecule has 12 nitrogen and oxygen atoms in total. The van der Waals surface area contributed by atoms with Crippen molar-refractivity contribution in [3.05, 3.63) is 61.2 Å². The summed E-state index contributed by atoms with van der Waals surface area (Å²) in [7, 11) is -2.87. The molecule has 170 valence electrons. The van der Waals surface area contributed by atoms with E-state index in [4.69, 9.17) is 4.18 Å². The van der Waals surface area contributed by atoms with Gasteiger partial charge in [-0.2, -0.15) is 8.42 Å². The highest BCUT2D eigenvalue weighted by molar-refractivity contribution is 7.87. The number of carbonyl (C=O) groups excluding carboxylic acids is 2. The zero-order chi connectivity index (χ0) is 23.4. The quantitative estimate of drug-likeness (QED) is 0.273. The number of carbonyl (C=O) groups is 2. The van der Waals surface area contributed by atoms with Gasteiger partial charge >= 0.3 is 22.1 Å². The van der Waals surface area contributed by atoms with E-state index in [1.54, 1.807) is 35.4 Å². The van der Waals surface area contributed by atoms with Gasteiger partial charge in [0.15, 0.2) is 0 Å². The fourth-order valence-corrected chi connectivity index (χ4v) is 3.77. The van der Waals surface area contributed by atoms with Crippen LogP contribution in [0.4, 0.5) is 10.7 Å². The number of rotatable bonds is 7. The summed E-state index contributed by atoms with van der Waals surface area (Å²) < 4.78 is 36.8. The molecule has 2 aromatic carbocycles. The first kappa shape index (κ1) is 21.8. The summed E-state index contributed by atoms with van der Waals surface area (Å²) in [6.45, 7) is -0.304. The third-order valence-corrected chi connectivity index (χ3v) is 5.70. The predicted octanol–water partition coefficient (Wildman–Crippen LogP) is 1.81. The first-order chi connectivity index (χ1) is 15.8. The molecule has 0 aliphatic carbocycles. The monoisotopic (exact) mass is 470 g/mol. The van der Waals surface area contributed by atoms with Crippen molar-refractivity contribution in [1.29, 1.82) is 0 Å². The molecule has 0 unspecified atom stereocenters. The smallest absolute Gasteiger partial charge is 0.339 e. The molecule has 3 N–H and O–H groups in total. The topological polar surface area (TPSA) is 157 Å². The Hall–Kier alpha value is -4.39. The number of aromatic nitrogens is 4. The number of H-pyrrole nitrogens is 1. The number of nitrogens with one attached hydrogen (secondary N) is 3. The van der Waals surface area contributed by atoms with E-state index < -0.39 is 22.1 Å². The Morgan fingerprint density at radius 3 is 2.64 bits per heavy atom. The number of aromatic amines is 1. The summed E-state index contributed by atoms with van der Waals surface area (Å²) in [5.41, 5.74) is 1.65. The van der Waals surface area contributed by atoms with Crippen molar-refractivity contribution in [3.8, 4) is 11.4 Å². The maximum atomic E-state index is 12.7. The molecule has 0 saturated heterocycles. The summed E-state index contributed by atoms with van der Waals surface area (Å²) in [5, 5.41) is 4.74. The molecule has 0 radical (unpaired) electrons. The predicted molar refractivity (Wildman–Crippen MR) is 117 cm³/mol. The highest BCUT2D eigenvalue weighted by Crippen LogP contribution is 2.24. The Labute approximate surface area is 187 Å². The molecule has 0 fully saturated rings. The molecule has 2 aromatic heterocycles. The van der Waals surface area contributed by atoms with Gasteiger partial charge in [0.1, 0.15) is 17.2 Å². The Balaban J connectivity index is 1.46. The first-order valence-electron chi connectivity index (χ1n) is 9.48. The van der Waals surface area contributed by atoms with E-state index in [9.17, 15) is 18.0 Å². The molecule has 33 heavy (non-hydrogen) atoms. The maximum Gasteiger partial charge on any atom is 0.339 e. The van der Waals surface area contributed by atoms with Gasteiger partial charge < -0.3 is 23.8 Å². The summed E-state index contributed by atoms with van der Waals surface area (Å²) in [6, 6.07) is 9.91. The van der Waals surface area contributed by atoms with Gasteiger partial charge in [-0.25, -0.2) is 14.8 Å². The summed E-state index contributed by atoms with van der Waals surface area (Å²) in [6.07, 6.45) is 4.96. The number of hydrogen-bond donors (Lipinski definition) is 3. The average molecular weight is 470 g/mol. The lowest BCUT2D eigenvalue weighted by Gasteiger charge is -2.08. The molecule has 4 rings (SSSR count). The summed E-state index contributed by atoms with van der Waals surface area (Å²) in [5.74, 6) is -0.442. The third-order valence-electron chi connectivity index (χ3n) is 4.44. The van der Waals surface area contributed by atoms with Gasteiger partial charge in [0.05, 0.1) is 24.5 Å². The van der Waals surface area contributed by atoms with Crippen LogP contribution in [0.3, 0.4) is 0 Å². The number of methoxy groups -OCH3 is 1. The van der Waals surface area contributed by atoms with E-state index in [0.29, 0.717) is 11.0 Å². The van der Waals surface area contributed by atoms with E-state index in [0.717, 1.165) is 5.69 Å². The average Bonchev–Trinajstić information content (AvgIpc) is 3.47. The number of anilines is 1. The Kier molecular flexibility index (Phi) is 5.95. The standard InChI is InChI=1S/C20H18N6O6S/c1-31-18(27)11-22-20(28)25-19-23-16-7-4-14(10-17(16)24-19)32-33(29,30)15-5-2-13(3-6-15)26-9-8-21-12-26/h2-10,12H,11H2,1H3,(H3,22,23,24,25,28). The van der Waals surface area contributed by atoms with Gasteiger partial charge in [0, 0.05) is 24.1 Å². The molecule has 0 aliphatic rings. The molecule has 13 heteroatoms. The van der Waals surface area contributed by atoms with Crippen molar-refractivity contribution in [3.63, 3.8) is 0 Å². The van der Waals surface area contributed by atoms with Gasteiger partial charge in [0.2, 0.25) is 5.95 Å². The highest BCUT2D eigenvalue weighted by atomic mass is 32.2. The van der Waals surface area contributed by atoms with Crippen LogP contribution in [0.25, 0.3) is 16.7 Å². The molecular weight excluding hydrogens is 452 g/mol. The highest BCUT2D eigenvalue weighted by Gasteiger charge is 2.18. The van der Waals surface area contributed by atoms with Crippen molar-refractivity contribution in [2.75, 3.05) is 19.0 Å². The Bertz CT molecular complexity index is 1400. The number of esters is 1. The largest absolute Gasteiger partial charge is 0.468 e. The van der Waals surface area contributed by atoms with Gasteiger partial charge in [-0.05, 0) is 36.4 Å². The third kappa shape index (κ3) is 5.10. The number of benzene rings is 2. The van der Waals surface area contributed by atoms with Gasteiger partial charge in [0.25, 0.3) is 0 Å². The normalized spacial score (nSPS) is 11.2. The first-order valence-corrected chi connectivity index (χ1v) is 10.9. The zero-order valence-corrected chi connectivity index (χ0v) is 18.0. The van der Waals surface area contributed by atoms with Gasteiger partial charge in [-0.3, -0.25) is 10.1 Å². The molecule has 0 bridgehead atoms. The molecule has 2 amide bonds. The number of urea groups is 1. The van der Waals surface area contributed by atoms with Gasteiger partial charge in [-0.15, -0.1) is 0 Å². The number of ether oxygens (including phenoxy) is 1. The van der Waals surface area contributed by atoms with Crippen LogP contribution >= 0.6 is 0 Å². The van der Waals surface area contributed by atoms with Crippen molar-refractivity contribution >= 4 is 39.1 Å². The van der Waals surface area contributed by atoms with E-state index in [1.807, 2.05) is 0 Å².